The van der Waals surface area contributed by atoms with Crippen LogP contribution in [0.25, 0.3) is 0 Å². The summed E-state index contributed by atoms with van der Waals surface area (Å²) >= 11 is 12.1. The van der Waals surface area contributed by atoms with Crippen molar-refractivity contribution in [1.29, 1.82) is 0 Å². The van der Waals surface area contributed by atoms with Gasteiger partial charge in [0.15, 0.2) is 5.78 Å². The maximum Gasteiger partial charge on any atom is 0.326 e. The van der Waals surface area contributed by atoms with Gasteiger partial charge in [0.1, 0.15) is 6.04 Å². The molecule has 9 heteroatoms. The maximum atomic E-state index is 13.0. The number of carbonyl (C=O) groups is 3. The predicted octanol–water partition coefficient (Wildman–Crippen LogP) is 5.81. The van der Waals surface area contributed by atoms with Crippen LogP contribution >= 0.6 is 23.2 Å². The van der Waals surface area contributed by atoms with Gasteiger partial charge < -0.3 is 15.7 Å². The first-order valence-corrected chi connectivity index (χ1v) is 13.0. The number of Topliss-reactive ketones (excluding diaryl/α,β-unsaturated/α-hetero) is 1. The van der Waals surface area contributed by atoms with E-state index in [1.807, 2.05) is 6.92 Å². The van der Waals surface area contributed by atoms with Crippen LogP contribution in [0.2, 0.25) is 10.0 Å². The van der Waals surface area contributed by atoms with Crippen molar-refractivity contribution in [2.75, 3.05) is 5.32 Å². The number of ketones is 1. The average Bonchev–Trinajstić information content (AvgIpc) is 2.86. The first kappa shape index (κ1) is 26.2. The van der Waals surface area contributed by atoms with Crippen LogP contribution in [0.4, 0.5) is 5.69 Å². The highest BCUT2D eigenvalue weighted by Gasteiger charge is 2.53. The lowest BCUT2D eigenvalue weighted by Crippen LogP contribution is -2.54. The summed E-state index contributed by atoms with van der Waals surface area (Å²) in [5.41, 5.74) is 2.52. The van der Waals surface area contributed by atoms with E-state index in [9.17, 15) is 19.5 Å². The normalized spacial score (nSPS) is 17.5. The lowest BCUT2D eigenvalue weighted by Gasteiger charge is -2.48. The molecule has 2 aliphatic rings. The molecule has 7 nitrogen and oxygen atoms in total. The van der Waals surface area contributed by atoms with Crippen LogP contribution in [0.15, 0.2) is 47.9 Å². The molecule has 3 N–H and O–H groups in total. The molecule has 0 saturated heterocycles. The summed E-state index contributed by atoms with van der Waals surface area (Å²) in [6.07, 6.45) is 9.07. The Morgan fingerprint density at radius 1 is 1.08 bits per heavy atom. The first-order chi connectivity index (χ1) is 17.3. The van der Waals surface area contributed by atoms with E-state index in [1.54, 1.807) is 24.3 Å². The molecule has 1 heterocycles. The largest absolute Gasteiger partial charge is 0.480 e. The summed E-state index contributed by atoms with van der Waals surface area (Å²) in [6.45, 7) is 2.02. The highest BCUT2D eigenvalue weighted by atomic mass is 35.5. The highest BCUT2D eigenvalue weighted by Crippen LogP contribution is 2.52. The second kappa shape index (κ2) is 11.0. The zero-order valence-electron chi connectivity index (χ0n) is 20.1. The molecular formula is C27H29Cl2N3O4. The van der Waals surface area contributed by atoms with E-state index in [1.165, 1.54) is 12.4 Å². The summed E-state index contributed by atoms with van der Waals surface area (Å²) in [6, 6.07) is 6.08. The van der Waals surface area contributed by atoms with Crippen molar-refractivity contribution in [1.82, 2.24) is 10.3 Å². The van der Waals surface area contributed by atoms with Crippen LogP contribution in [0.5, 0.6) is 0 Å². The average molecular weight is 530 g/mol. The van der Waals surface area contributed by atoms with Gasteiger partial charge in [-0.05, 0) is 37.0 Å². The lowest BCUT2D eigenvalue weighted by molar-refractivity contribution is -0.140. The Morgan fingerprint density at radius 2 is 1.72 bits per heavy atom. The standard InChI is InChI=1S/C27H29Cl2N3O4/c1-2-6-18-23(27(24(18)33)11-4-3-5-12-27)32-21(26(35)36)13-16-7-9-17(10-8-16)31-25(34)22-19(28)14-30-15-20(22)29/h7-10,14-15,21,32H,2-6,11-13H2,1H3,(H,31,34)(H,35,36)/t21-/m0/s1. The number of nitrogens with zero attached hydrogens (tertiary/aromatic N) is 1. The number of nitrogens with one attached hydrogen (secondary N) is 2. The zero-order chi connectivity index (χ0) is 25.9. The van der Waals surface area contributed by atoms with Gasteiger partial charge in [0.2, 0.25) is 0 Å². The van der Waals surface area contributed by atoms with Gasteiger partial charge >= 0.3 is 5.97 Å². The van der Waals surface area contributed by atoms with Gasteiger partial charge in [-0.3, -0.25) is 14.6 Å². The van der Waals surface area contributed by atoms with Gasteiger partial charge in [0.05, 0.1) is 21.0 Å². The fraction of sp³-hybridized carbons (Fsp3) is 0.407. The molecule has 36 heavy (non-hydrogen) atoms. The zero-order valence-corrected chi connectivity index (χ0v) is 21.6. The summed E-state index contributed by atoms with van der Waals surface area (Å²) in [7, 11) is 0. The number of carboxylic acids is 1. The number of benzene rings is 1. The third-order valence-corrected chi connectivity index (χ3v) is 7.62. The Kier molecular flexibility index (Phi) is 8.00. The molecule has 1 saturated carbocycles. The van der Waals surface area contributed by atoms with Crippen molar-refractivity contribution >= 4 is 46.5 Å². The maximum absolute atomic E-state index is 13.0. The molecule has 0 radical (unpaired) electrons. The number of hydrogen-bond acceptors (Lipinski definition) is 5. The smallest absolute Gasteiger partial charge is 0.326 e. The van der Waals surface area contributed by atoms with Crippen molar-refractivity contribution in [3.8, 4) is 0 Å². The fourth-order valence-electron chi connectivity index (χ4n) is 5.24. The topological polar surface area (TPSA) is 108 Å². The van der Waals surface area contributed by atoms with Crippen molar-refractivity contribution in [2.24, 2.45) is 5.41 Å². The fourth-order valence-corrected chi connectivity index (χ4v) is 5.78. The number of pyridine rings is 1. The molecule has 0 unspecified atom stereocenters. The first-order valence-electron chi connectivity index (χ1n) is 12.2. The molecule has 1 aromatic heterocycles. The molecule has 0 bridgehead atoms. The number of anilines is 1. The molecule has 1 atom stereocenters. The van der Waals surface area contributed by atoms with E-state index in [2.05, 4.69) is 15.6 Å². The number of hydrogen-bond donors (Lipinski definition) is 3. The summed E-state index contributed by atoms with van der Waals surface area (Å²) in [5.74, 6) is -1.23. The molecule has 1 fully saturated rings. The van der Waals surface area contributed by atoms with Gasteiger partial charge in [0, 0.05) is 35.8 Å². The minimum Gasteiger partial charge on any atom is -0.480 e. The quantitative estimate of drug-likeness (QED) is 0.378. The van der Waals surface area contributed by atoms with Crippen molar-refractivity contribution in [2.45, 2.75) is 64.3 Å². The second-order valence-corrected chi connectivity index (χ2v) is 10.3. The molecule has 2 aromatic rings. The van der Waals surface area contributed by atoms with Gasteiger partial charge in [-0.15, -0.1) is 0 Å². The molecule has 190 valence electrons. The van der Waals surface area contributed by atoms with Gasteiger partial charge in [-0.1, -0.05) is 67.9 Å². The van der Waals surface area contributed by atoms with Crippen molar-refractivity contribution in [3.05, 3.63) is 69.1 Å². The number of aromatic nitrogens is 1. The minimum atomic E-state index is -0.969. The number of allylic oxidation sites excluding steroid dienone is 2. The number of rotatable bonds is 9. The minimum absolute atomic E-state index is 0.135. The number of carboxylic acid groups (broad SMARTS) is 1. The Labute approximate surface area is 220 Å². The van der Waals surface area contributed by atoms with E-state index in [4.69, 9.17) is 23.2 Å². The predicted molar refractivity (Wildman–Crippen MR) is 139 cm³/mol. The molecule has 2 aliphatic carbocycles. The third kappa shape index (κ3) is 5.13. The van der Waals surface area contributed by atoms with Crippen LogP contribution < -0.4 is 10.6 Å². The Hall–Kier alpha value is -2.90. The summed E-state index contributed by atoms with van der Waals surface area (Å²) in [4.78, 5) is 41.6. The van der Waals surface area contributed by atoms with Gasteiger partial charge in [-0.25, -0.2) is 4.79 Å². The van der Waals surface area contributed by atoms with Crippen molar-refractivity contribution in [3.63, 3.8) is 0 Å². The van der Waals surface area contributed by atoms with E-state index in [0.717, 1.165) is 55.4 Å². The van der Waals surface area contributed by atoms with Crippen molar-refractivity contribution < 1.29 is 19.5 Å². The Bertz CT molecular complexity index is 1180. The highest BCUT2D eigenvalue weighted by molar-refractivity contribution is 6.40. The number of carbonyl (C=O) groups excluding carboxylic acids is 2. The van der Waals surface area contributed by atoms with Crippen LogP contribution in [0, 0.1) is 5.41 Å². The second-order valence-electron chi connectivity index (χ2n) is 9.44. The van der Waals surface area contributed by atoms with Crippen LogP contribution in [-0.4, -0.2) is 33.8 Å². The van der Waals surface area contributed by atoms with E-state index in [-0.39, 0.29) is 27.8 Å². The van der Waals surface area contributed by atoms with Crippen LogP contribution in [-0.2, 0) is 16.0 Å². The molecule has 1 amide bonds. The van der Waals surface area contributed by atoms with E-state index in [0.29, 0.717) is 12.1 Å². The SMILES string of the molecule is CCCC1=C(N[C@@H](Cc2ccc(NC(=O)c3c(Cl)cncc3Cl)cc2)C(=O)O)C2(CCCCC2)C1=O. The van der Waals surface area contributed by atoms with Gasteiger partial charge in [0.25, 0.3) is 5.91 Å². The van der Waals surface area contributed by atoms with Gasteiger partial charge in [-0.2, -0.15) is 0 Å². The summed E-state index contributed by atoms with van der Waals surface area (Å²) < 4.78 is 0. The number of halogens is 2. The molecule has 1 aromatic carbocycles. The monoisotopic (exact) mass is 529 g/mol. The summed E-state index contributed by atoms with van der Waals surface area (Å²) in [5, 5.41) is 16.3. The Morgan fingerprint density at radius 3 is 2.31 bits per heavy atom. The number of aliphatic carboxylic acids is 1. The van der Waals surface area contributed by atoms with E-state index < -0.39 is 23.3 Å². The molecule has 0 aliphatic heterocycles. The molecule has 4 rings (SSSR count). The Balaban J connectivity index is 1.47. The molecular weight excluding hydrogens is 501 g/mol. The molecule has 1 spiro atoms. The lowest BCUT2D eigenvalue weighted by atomic mass is 9.58. The number of amides is 1. The van der Waals surface area contributed by atoms with Crippen LogP contribution in [0.3, 0.4) is 0 Å². The van der Waals surface area contributed by atoms with E-state index >= 15 is 0 Å². The van der Waals surface area contributed by atoms with Crippen LogP contribution in [0.1, 0.15) is 67.8 Å². The third-order valence-electron chi connectivity index (χ3n) is 7.04.